The molecule has 1 aromatic carbocycles. The normalized spacial score (nSPS) is 11.5. The van der Waals surface area contributed by atoms with Crippen molar-refractivity contribution in [2.75, 3.05) is 13.7 Å². The number of carbonyl (C=O) groups is 2. The molecule has 0 aliphatic rings. The van der Waals surface area contributed by atoms with Gasteiger partial charge in [-0.1, -0.05) is 31.5 Å². The minimum absolute atomic E-state index is 0.247. The maximum atomic E-state index is 11.7. The average molecular weight is 295 g/mol. The Hall–Kier alpha value is -2.24. The summed E-state index contributed by atoms with van der Waals surface area (Å²) in [5.41, 5.74) is 0.606. The lowest BCUT2D eigenvalue weighted by atomic mass is 10.0. The summed E-state index contributed by atoms with van der Waals surface area (Å²) in [5.74, 6) is -0.489. The molecule has 1 unspecified atom stereocenters. The van der Waals surface area contributed by atoms with Gasteiger partial charge < -0.3 is 19.9 Å². The van der Waals surface area contributed by atoms with Crippen LogP contribution in [0.1, 0.15) is 37.8 Å². The third kappa shape index (κ3) is 5.72. The van der Waals surface area contributed by atoms with Crippen LogP contribution in [0.3, 0.4) is 0 Å². The van der Waals surface area contributed by atoms with Crippen molar-refractivity contribution in [3.63, 3.8) is 0 Å². The number of carboxylic acids is 1. The van der Waals surface area contributed by atoms with Crippen LogP contribution in [0.15, 0.2) is 24.3 Å². The van der Waals surface area contributed by atoms with Crippen molar-refractivity contribution in [1.82, 2.24) is 5.32 Å². The number of benzene rings is 1. The first-order valence-corrected chi connectivity index (χ1v) is 6.86. The molecule has 0 aromatic heterocycles. The number of nitrogens with one attached hydrogen (secondary N) is 1. The van der Waals surface area contributed by atoms with Crippen LogP contribution in [0.5, 0.6) is 5.75 Å². The fraction of sp³-hybridized carbons (Fsp3) is 0.467. The second kappa shape index (κ2) is 8.84. The van der Waals surface area contributed by atoms with Gasteiger partial charge in [0.2, 0.25) is 0 Å². The molecule has 0 heterocycles. The molecular weight excluding hydrogens is 274 g/mol. The molecule has 0 bridgehead atoms. The molecule has 2 N–H and O–H groups in total. The monoisotopic (exact) mass is 295 g/mol. The number of methoxy groups -OCH3 is 1. The Morgan fingerprint density at radius 2 is 2.05 bits per heavy atom. The SMILES string of the molecule is CCCCOC(=O)NC(CC(=O)O)c1ccccc1OC. The van der Waals surface area contributed by atoms with Gasteiger partial charge in [-0.25, -0.2) is 4.79 Å². The van der Waals surface area contributed by atoms with Crippen molar-refractivity contribution in [1.29, 1.82) is 0 Å². The molecule has 21 heavy (non-hydrogen) atoms. The molecule has 1 amide bonds. The van der Waals surface area contributed by atoms with Gasteiger partial charge in [0.1, 0.15) is 5.75 Å². The zero-order valence-corrected chi connectivity index (χ0v) is 12.3. The molecule has 0 fully saturated rings. The van der Waals surface area contributed by atoms with E-state index in [0.29, 0.717) is 17.9 Å². The van der Waals surface area contributed by atoms with Crippen LogP contribution in [-0.2, 0) is 9.53 Å². The number of para-hydroxylation sites is 1. The molecule has 6 nitrogen and oxygen atoms in total. The molecule has 6 heteroatoms. The Morgan fingerprint density at radius 1 is 1.33 bits per heavy atom. The Bertz CT molecular complexity index is 475. The summed E-state index contributed by atoms with van der Waals surface area (Å²) >= 11 is 0. The summed E-state index contributed by atoms with van der Waals surface area (Å²) in [5, 5.41) is 11.6. The summed E-state index contributed by atoms with van der Waals surface area (Å²) in [6.45, 7) is 2.30. The molecule has 0 spiro atoms. The molecule has 1 atom stereocenters. The number of carbonyl (C=O) groups excluding carboxylic acids is 1. The van der Waals surface area contributed by atoms with Crippen molar-refractivity contribution >= 4 is 12.1 Å². The first kappa shape index (κ1) is 16.8. The third-order valence-corrected chi connectivity index (χ3v) is 2.92. The quantitative estimate of drug-likeness (QED) is 0.720. The summed E-state index contributed by atoms with van der Waals surface area (Å²) < 4.78 is 10.2. The second-order valence-corrected chi connectivity index (χ2v) is 4.53. The summed E-state index contributed by atoms with van der Waals surface area (Å²) in [4.78, 5) is 22.7. The number of ether oxygens (including phenoxy) is 2. The van der Waals surface area contributed by atoms with E-state index in [-0.39, 0.29) is 6.42 Å². The van der Waals surface area contributed by atoms with Gasteiger partial charge in [0, 0.05) is 5.56 Å². The topological polar surface area (TPSA) is 84.9 Å². The molecule has 0 radical (unpaired) electrons. The molecular formula is C15H21NO5. The lowest BCUT2D eigenvalue weighted by molar-refractivity contribution is -0.137. The van der Waals surface area contributed by atoms with E-state index in [1.54, 1.807) is 24.3 Å². The predicted octanol–water partition coefficient (Wildman–Crippen LogP) is 2.74. The van der Waals surface area contributed by atoms with Crippen LogP contribution in [0, 0.1) is 0 Å². The molecule has 0 aliphatic carbocycles. The third-order valence-electron chi connectivity index (χ3n) is 2.92. The lowest BCUT2D eigenvalue weighted by Gasteiger charge is -2.19. The van der Waals surface area contributed by atoms with Crippen molar-refractivity contribution in [2.24, 2.45) is 0 Å². The molecule has 116 valence electrons. The van der Waals surface area contributed by atoms with Gasteiger partial charge in [-0.15, -0.1) is 0 Å². The van der Waals surface area contributed by atoms with Crippen molar-refractivity contribution in [3.8, 4) is 5.75 Å². The van der Waals surface area contributed by atoms with Gasteiger partial charge in [-0.2, -0.15) is 0 Å². The number of carboxylic acid groups (broad SMARTS) is 1. The van der Waals surface area contributed by atoms with Crippen LogP contribution in [0.2, 0.25) is 0 Å². The minimum Gasteiger partial charge on any atom is -0.496 e. The minimum atomic E-state index is -1.01. The van der Waals surface area contributed by atoms with E-state index >= 15 is 0 Å². The van der Waals surface area contributed by atoms with E-state index in [2.05, 4.69) is 5.32 Å². The number of hydrogen-bond acceptors (Lipinski definition) is 4. The van der Waals surface area contributed by atoms with E-state index < -0.39 is 18.1 Å². The molecule has 0 saturated carbocycles. The molecule has 1 rings (SSSR count). The fourth-order valence-corrected chi connectivity index (χ4v) is 1.86. The first-order chi connectivity index (χ1) is 10.1. The van der Waals surface area contributed by atoms with Crippen molar-refractivity contribution in [3.05, 3.63) is 29.8 Å². The van der Waals surface area contributed by atoms with Gasteiger partial charge >= 0.3 is 12.1 Å². The maximum Gasteiger partial charge on any atom is 0.407 e. The second-order valence-electron chi connectivity index (χ2n) is 4.53. The molecule has 0 saturated heterocycles. The van der Waals surface area contributed by atoms with Crippen LogP contribution < -0.4 is 10.1 Å². The number of aliphatic carboxylic acids is 1. The lowest BCUT2D eigenvalue weighted by Crippen LogP contribution is -2.31. The maximum absolute atomic E-state index is 11.7. The number of rotatable bonds is 8. The van der Waals surface area contributed by atoms with E-state index in [9.17, 15) is 9.59 Å². The zero-order chi connectivity index (χ0) is 15.7. The number of unbranched alkanes of at least 4 members (excludes halogenated alkanes) is 1. The Labute approximate surface area is 124 Å². The van der Waals surface area contributed by atoms with Crippen LogP contribution >= 0.6 is 0 Å². The fourth-order valence-electron chi connectivity index (χ4n) is 1.86. The highest BCUT2D eigenvalue weighted by Gasteiger charge is 2.21. The van der Waals surface area contributed by atoms with E-state index in [4.69, 9.17) is 14.6 Å². The van der Waals surface area contributed by atoms with Gasteiger partial charge in [-0.05, 0) is 12.5 Å². The zero-order valence-electron chi connectivity index (χ0n) is 12.3. The number of hydrogen-bond donors (Lipinski definition) is 2. The van der Waals surface area contributed by atoms with Crippen LogP contribution in [-0.4, -0.2) is 30.9 Å². The largest absolute Gasteiger partial charge is 0.496 e. The average Bonchev–Trinajstić information content (AvgIpc) is 2.46. The Morgan fingerprint density at radius 3 is 2.67 bits per heavy atom. The Kier molecular flexibility index (Phi) is 7.08. The van der Waals surface area contributed by atoms with Crippen molar-refractivity contribution in [2.45, 2.75) is 32.2 Å². The number of alkyl carbamates (subject to hydrolysis) is 1. The Balaban J connectivity index is 2.80. The number of amides is 1. The van der Waals surface area contributed by atoms with Crippen LogP contribution in [0.25, 0.3) is 0 Å². The molecule has 0 aliphatic heterocycles. The van der Waals surface area contributed by atoms with E-state index in [1.165, 1.54) is 7.11 Å². The van der Waals surface area contributed by atoms with Gasteiger partial charge in [0.05, 0.1) is 26.2 Å². The highest BCUT2D eigenvalue weighted by Crippen LogP contribution is 2.27. The van der Waals surface area contributed by atoms with Crippen LogP contribution in [0.4, 0.5) is 4.79 Å². The standard InChI is InChI=1S/C15H21NO5/c1-3-4-9-21-15(19)16-12(10-14(17)18)11-7-5-6-8-13(11)20-2/h5-8,12H,3-4,9-10H2,1-2H3,(H,16,19)(H,17,18). The van der Waals surface area contributed by atoms with E-state index in [0.717, 1.165) is 12.8 Å². The van der Waals surface area contributed by atoms with Gasteiger partial charge in [-0.3, -0.25) is 4.79 Å². The highest BCUT2D eigenvalue weighted by molar-refractivity contribution is 5.72. The summed E-state index contributed by atoms with van der Waals surface area (Å²) in [7, 11) is 1.50. The predicted molar refractivity (Wildman–Crippen MR) is 77.4 cm³/mol. The first-order valence-electron chi connectivity index (χ1n) is 6.86. The summed E-state index contributed by atoms with van der Waals surface area (Å²) in [6.07, 6.45) is 0.813. The smallest absolute Gasteiger partial charge is 0.407 e. The van der Waals surface area contributed by atoms with Crippen molar-refractivity contribution < 1.29 is 24.2 Å². The highest BCUT2D eigenvalue weighted by atomic mass is 16.5. The van der Waals surface area contributed by atoms with Gasteiger partial charge in [0.25, 0.3) is 0 Å². The molecule has 1 aromatic rings. The summed E-state index contributed by atoms with van der Waals surface area (Å²) in [6, 6.07) is 6.27. The van der Waals surface area contributed by atoms with Gasteiger partial charge in [0.15, 0.2) is 0 Å². The van der Waals surface area contributed by atoms with E-state index in [1.807, 2.05) is 6.92 Å².